The predicted octanol–water partition coefficient (Wildman–Crippen LogP) is 4.38. The number of anilines is 2. The molecule has 2 aromatic carbocycles. The van der Waals surface area contributed by atoms with Crippen molar-refractivity contribution in [2.75, 3.05) is 10.0 Å². The van der Waals surface area contributed by atoms with Crippen LogP contribution in [0.1, 0.15) is 16.1 Å². The zero-order chi connectivity index (χ0) is 22.2. The highest BCUT2D eigenvalue weighted by Crippen LogP contribution is 2.30. The summed E-state index contributed by atoms with van der Waals surface area (Å²) in [6.45, 7) is 1.59. The van der Waals surface area contributed by atoms with Gasteiger partial charge >= 0.3 is 0 Å². The van der Waals surface area contributed by atoms with Crippen molar-refractivity contribution in [1.29, 1.82) is 0 Å². The molecule has 2 N–H and O–H groups in total. The number of hydrogen-bond donors (Lipinski definition) is 2. The van der Waals surface area contributed by atoms with E-state index in [4.69, 9.17) is 16.1 Å². The lowest BCUT2D eigenvalue weighted by Crippen LogP contribution is -2.15. The van der Waals surface area contributed by atoms with Gasteiger partial charge in [-0.1, -0.05) is 16.8 Å². The van der Waals surface area contributed by atoms with Crippen LogP contribution in [0.4, 0.5) is 15.8 Å². The van der Waals surface area contributed by atoms with Crippen molar-refractivity contribution in [2.45, 2.75) is 11.8 Å². The van der Waals surface area contributed by atoms with E-state index in [-0.39, 0.29) is 32.1 Å². The number of sulfonamides is 1. The molecule has 158 valence electrons. The summed E-state index contributed by atoms with van der Waals surface area (Å²) in [6.07, 6.45) is 2.65. The first-order chi connectivity index (χ1) is 14.8. The summed E-state index contributed by atoms with van der Waals surface area (Å²) in [4.78, 5) is 16.1. The highest BCUT2D eigenvalue weighted by Gasteiger charge is 2.21. The van der Waals surface area contributed by atoms with E-state index in [1.165, 1.54) is 42.7 Å². The first kappa shape index (κ1) is 20.8. The zero-order valence-corrected chi connectivity index (χ0v) is 17.5. The topological polar surface area (TPSA) is 114 Å². The molecule has 0 aliphatic carbocycles. The Morgan fingerprint density at radius 2 is 2.00 bits per heavy atom. The fourth-order valence-corrected chi connectivity index (χ4v) is 4.43. The number of fused-ring (bicyclic) bond motifs is 1. The van der Waals surface area contributed by atoms with E-state index in [0.29, 0.717) is 11.4 Å². The van der Waals surface area contributed by atoms with Crippen molar-refractivity contribution < 1.29 is 22.1 Å². The monoisotopic (exact) mass is 460 g/mol. The summed E-state index contributed by atoms with van der Waals surface area (Å²) in [5.41, 5.74) is 0.491. The van der Waals surface area contributed by atoms with Crippen LogP contribution in [0.25, 0.3) is 10.9 Å². The van der Waals surface area contributed by atoms with Gasteiger partial charge in [0.15, 0.2) is 0 Å². The van der Waals surface area contributed by atoms with Crippen LogP contribution in [-0.4, -0.2) is 24.5 Å². The van der Waals surface area contributed by atoms with E-state index >= 15 is 0 Å². The van der Waals surface area contributed by atoms with Crippen LogP contribution in [0.2, 0.25) is 5.02 Å². The van der Waals surface area contributed by atoms with Crippen molar-refractivity contribution in [1.82, 2.24) is 10.1 Å². The van der Waals surface area contributed by atoms with Gasteiger partial charge in [0, 0.05) is 17.3 Å². The molecule has 0 bridgehead atoms. The number of benzene rings is 2. The number of aryl methyl sites for hydroxylation is 1. The summed E-state index contributed by atoms with van der Waals surface area (Å²) in [5.74, 6) is -0.781. The van der Waals surface area contributed by atoms with Crippen molar-refractivity contribution in [3.63, 3.8) is 0 Å². The molecule has 1 amide bonds. The van der Waals surface area contributed by atoms with E-state index in [9.17, 15) is 17.6 Å². The normalized spacial score (nSPS) is 11.5. The number of halogens is 2. The Bertz CT molecular complexity index is 1420. The zero-order valence-electron chi connectivity index (χ0n) is 15.9. The van der Waals surface area contributed by atoms with Crippen molar-refractivity contribution >= 4 is 49.8 Å². The van der Waals surface area contributed by atoms with Crippen LogP contribution in [-0.2, 0) is 10.0 Å². The molecule has 8 nitrogen and oxygen atoms in total. The van der Waals surface area contributed by atoms with Crippen molar-refractivity contribution in [3.8, 4) is 0 Å². The fraction of sp³-hybridized carbons (Fsp3) is 0.0500. The highest BCUT2D eigenvalue weighted by molar-refractivity contribution is 7.93. The predicted molar refractivity (Wildman–Crippen MR) is 113 cm³/mol. The van der Waals surface area contributed by atoms with Gasteiger partial charge in [0.2, 0.25) is 0 Å². The third kappa shape index (κ3) is 4.07. The van der Waals surface area contributed by atoms with Gasteiger partial charge in [-0.15, -0.1) is 0 Å². The molecule has 0 aliphatic heterocycles. The van der Waals surface area contributed by atoms with Gasteiger partial charge in [-0.2, -0.15) is 0 Å². The second-order valence-electron chi connectivity index (χ2n) is 6.49. The largest absolute Gasteiger partial charge is 0.361 e. The Labute approximate surface area is 181 Å². The minimum absolute atomic E-state index is 0.0304. The molecule has 2 heterocycles. The number of pyridine rings is 1. The van der Waals surface area contributed by atoms with E-state index in [2.05, 4.69) is 20.2 Å². The molecule has 0 saturated heterocycles. The second kappa shape index (κ2) is 7.97. The van der Waals surface area contributed by atoms with Crippen LogP contribution in [0.5, 0.6) is 0 Å². The maximum absolute atomic E-state index is 14.0. The third-order valence-corrected chi connectivity index (χ3v) is 6.19. The first-order valence-electron chi connectivity index (χ1n) is 8.84. The summed E-state index contributed by atoms with van der Waals surface area (Å²) in [5, 5.41) is 6.40. The molecule has 0 saturated carbocycles. The average Bonchev–Trinajstić information content (AvgIpc) is 3.16. The smallest absolute Gasteiger partial charge is 0.262 e. The van der Waals surface area contributed by atoms with E-state index in [0.717, 1.165) is 12.1 Å². The lowest BCUT2D eigenvalue weighted by Gasteiger charge is -2.13. The molecule has 31 heavy (non-hydrogen) atoms. The Kier molecular flexibility index (Phi) is 5.34. The molecular weight excluding hydrogens is 447 g/mol. The van der Waals surface area contributed by atoms with E-state index in [1.54, 1.807) is 6.92 Å². The second-order valence-corrected chi connectivity index (χ2v) is 8.55. The van der Waals surface area contributed by atoms with Gasteiger partial charge in [-0.05, 0) is 49.4 Å². The lowest BCUT2D eigenvalue weighted by molar-refractivity contribution is 0.102. The highest BCUT2D eigenvalue weighted by atomic mass is 35.5. The van der Waals surface area contributed by atoms with Gasteiger partial charge in [-0.25, -0.2) is 12.8 Å². The molecule has 2 aromatic heterocycles. The van der Waals surface area contributed by atoms with Gasteiger partial charge in [0.1, 0.15) is 22.7 Å². The number of carbonyl (C=O) groups is 1. The van der Waals surface area contributed by atoms with Gasteiger partial charge in [-0.3, -0.25) is 14.5 Å². The Balaban J connectivity index is 1.66. The van der Waals surface area contributed by atoms with E-state index < -0.39 is 21.7 Å². The standard InChI is InChI=1S/C20H14ClFN4O4S/c1-11-14(10-24-30-11)20(27)25-12-4-5-15(21)17(9-12)26-31(28,29)18-7-6-16(22)19-13(18)3-2-8-23-19/h2-10,26H,1H3,(H,25,27). The number of carbonyl (C=O) groups excluding carboxylic acids is 1. The minimum Gasteiger partial charge on any atom is -0.361 e. The summed E-state index contributed by atoms with van der Waals surface area (Å²) < 4.78 is 47.3. The molecule has 4 aromatic rings. The molecule has 0 aliphatic rings. The number of nitrogens with one attached hydrogen (secondary N) is 2. The van der Waals surface area contributed by atoms with Crippen LogP contribution in [0.15, 0.2) is 64.3 Å². The summed E-state index contributed by atoms with van der Waals surface area (Å²) >= 11 is 6.16. The van der Waals surface area contributed by atoms with Gasteiger partial charge < -0.3 is 9.84 Å². The van der Waals surface area contributed by atoms with Crippen molar-refractivity contribution in [2.24, 2.45) is 0 Å². The maximum Gasteiger partial charge on any atom is 0.262 e. The van der Waals surface area contributed by atoms with Crippen LogP contribution in [0, 0.1) is 12.7 Å². The summed E-state index contributed by atoms with van der Waals surface area (Å²) in [6, 6.07) is 9.46. The molecule has 0 unspecified atom stereocenters. The van der Waals surface area contributed by atoms with Crippen molar-refractivity contribution in [3.05, 3.63) is 77.0 Å². The van der Waals surface area contributed by atoms with Crippen LogP contribution in [0.3, 0.4) is 0 Å². The molecule has 0 spiro atoms. The molecule has 0 fully saturated rings. The number of amides is 1. The minimum atomic E-state index is -4.15. The number of nitrogens with zero attached hydrogens (tertiary/aromatic N) is 2. The Morgan fingerprint density at radius 1 is 1.19 bits per heavy atom. The maximum atomic E-state index is 14.0. The fourth-order valence-electron chi connectivity index (χ4n) is 2.94. The van der Waals surface area contributed by atoms with Gasteiger partial charge in [0.05, 0.1) is 21.8 Å². The molecule has 0 atom stereocenters. The molecule has 0 radical (unpaired) electrons. The van der Waals surface area contributed by atoms with Crippen LogP contribution >= 0.6 is 11.6 Å². The third-order valence-electron chi connectivity index (χ3n) is 4.43. The number of rotatable bonds is 5. The number of aromatic nitrogens is 2. The van der Waals surface area contributed by atoms with Gasteiger partial charge in [0.25, 0.3) is 15.9 Å². The number of hydrogen-bond acceptors (Lipinski definition) is 6. The van der Waals surface area contributed by atoms with Crippen LogP contribution < -0.4 is 10.0 Å². The Hall–Kier alpha value is -3.50. The molecule has 4 rings (SSSR count). The SMILES string of the molecule is Cc1oncc1C(=O)Nc1ccc(Cl)c(NS(=O)(=O)c2ccc(F)c3ncccc23)c1. The summed E-state index contributed by atoms with van der Waals surface area (Å²) in [7, 11) is -4.15. The van der Waals surface area contributed by atoms with E-state index in [1.807, 2.05) is 0 Å². The average molecular weight is 461 g/mol. The Morgan fingerprint density at radius 3 is 2.74 bits per heavy atom. The lowest BCUT2D eigenvalue weighted by atomic mass is 10.2. The first-order valence-corrected chi connectivity index (χ1v) is 10.7. The molecular formula is C20H14ClFN4O4S. The quantitative estimate of drug-likeness (QED) is 0.457. The molecule has 11 heteroatoms.